The van der Waals surface area contributed by atoms with Gasteiger partial charge in [0.15, 0.2) is 0 Å². The Balaban J connectivity index is 1.82. The minimum atomic E-state index is 0.900. The average Bonchev–Trinajstić information content (AvgIpc) is 3.31. The summed E-state index contributed by atoms with van der Waals surface area (Å²) in [6, 6.07) is 6.33. The van der Waals surface area contributed by atoms with Crippen molar-refractivity contribution in [1.82, 2.24) is 5.32 Å². The zero-order chi connectivity index (χ0) is 13.9. The van der Waals surface area contributed by atoms with Gasteiger partial charge in [-0.15, -0.1) is 0 Å². The summed E-state index contributed by atoms with van der Waals surface area (Å²) in [6.07, 6.45) is 5.59. The predicted octanol–water partition coefficient (Wildman–Crippen LogP) is 4.08. The highest BCUT2D eigenvalue weighted by Crippen LogP contribution is 2.39. The van der Waals surface area contributed by atoms with Crippen LogP contribution >= 0.6 is 11.6 Å². The van der Waals surface area contributed by atoms with Crippen molar-refractivity contribution in [1.29, 1.82) is 0 Å². The molecule has 2 aliphatic carbocycles. The van der Waals surface area contributed by atoms with Crippen LogP contribution in [-0.4, -0.2) is 19.6 Å². The van der Waals surface area contributed by atoms with Gasteiger partial charge in [-0.25, -0.2) is 0 Å². The van der Waals surface area contributed by atoms with Gasteiger partial charge in [-0.2, -0.15) is 0 Å². The molecule has 0 amide bonds. The lowest BCUT2D eigenvalue weighted by Gasteiger charge is -2.28. The Hall–Kier alpha value is -0.730. The van der Waals surface area contributed by atoms with Gasteiger partial charge in [-0.3, -0.25) is 0 Å². The third-order valence-corrected chi connectivity index (χ3v) is 4.61. The first-order valence-corrected chi connectivity index (χ1v) is 8.38. The van der Waals surface area contributed by atoms with E-state index < -0.39 is 0 Å². The summed E-state index contributed by atoms with van der Waals surface area (Å²) in [5, 5.41) is 4.36. The number of halogens is 1. The van der Waals surface area contributed by atoms with Crippen LogP contribution in [0.5, 0.6) is 0 Å². The maximum atomic E-state index is 6.54. The van der Waals surface area contributed by atoms with Crippen molar-refractivity contribution >= 4 is 17.3 Å². The average molecular weight is 293 g/mol. The lowest BCUT2D eigenvalue weighted by molar-refractivity contribution is 0.668. The van der Waals surface area contributed by atoms with Crippen LogP contribution in [0.15, 0.2) is 18.2 Å². The molecule has 2 aliphatic rings. The van der Waals surface area contributed by atoms with Gasteiger partial charge in [-0.05, 0) is 55.7 Å². The summed E-state index contributed by atoms with van der Waals surface area (Å²) < 4.78 is 0. The molecule has 0 bridgehead atoms. The topological polar surface area (TPSA) is 15.3 Å². The first-order valence-electron chi connectivity index (χ1n) is 8.01. The molecule has 0 aromatic heterocycles. The molecule has 0 unspecified atom stereocenters. The van der Waals surface area contributed by atoms with E-state index in [4.69, 9.17) is 11.6 Å². The number of hydrogen-bond donors (Lipinski definition) is 1. The van der Waals surface area contributed by atoms with Crippen molar-refractivity contribution in [3.63, 3.8) is 0 Å². The number of para-hydroxylation sites is 1. The molecule has 3 rings (SSSR count). The molecule has 0 atom stereocenters. The van der Waals surface area contributed by atoms with Crippen molar-refractivity contribution < 1.29 is 0 Å². The second-order valence-electron chi connectivity index (χ2n) is 6.32. The monoisotopic (exact) mass is 292 g/mol. The molecule has 2 fully saturated rings. The molecule has 0 saturated heterocycles. The van der Waals surface area contributed by atoms with Crippen molar-refractivity contribution in [3.8, 4) is 0 Å². The Morgan fingerprint density at radius 3 is 2.35 bits per heavy atom. The largest absolute Gasteiger partial charge is 0.370 e. The van der Waals surface area contributed by atoms with Crippen LogP contribution in [0.1, 0.15) is 38.2 Å². The lowest BCUT2D eigenvalue weighted by atomic mass is 10.1. The minimum absolute atomic E-state index is 0.900. The second kappa shape index (κ2) is 6.36. The Bertz CT molecular complexity index is 438. The normalized spacial score (nSPS) is 18.3. The Labute approximate surface area is 127 Å². The molecule has 1 N–H and O–H groups in total. The van der Waals surface area contributed by atoms with E-state index in [-0.39, 0.29) is 0 Å². The molecule has 0 aliphatic heterocycles. The Kier molecular flexibility index (Phi) is 4.52. The third kappa shape index (κ3) is 3.67. The quantitative estimate of drug-likeness (QED) is 0.777. The van der Waals surface area contributed by atoms with Gasteiger partial charge in [-0.1, -0.05) is 30.7 Å². The van der Waals surface area contributed by atoms with Gasteiger partial charge in [0.25, 0.3) is 0 Å². The molecule has 3 heteroatoms. The number of rotatable bonds is 8. The standard InChI is InChI=1S/C17H25ClN2/c1-2-19-10-15-4-3-5-16(18)17(15)20(11-13-6-7-13)12-14-8-9-14/h3-5,13-14,19H,2,6-12H2,1H3. The number of benzene rings is 1. The predicted molar refractivity (Wildman–Crippen MR) is 86.5 cm³/mol. The van der Waals surface area contributed by atoms with E-state index in [9.17, 15) is 0 Å². The molecule has 2 saturated carbocycles. The van der Waals surface area contributed by atoms with Crippen LogP contribution in [0.4, 0.5) is 5.69 Å². The summed E-state index contributed by atoms with van der Waals surface area (Å²) in [5.41, 5.74) is 2.63. The molecule has 110 valence electrons. The van der Waals surface area contributed by atoms with Crippen LogP contribution in [0.2, 0.25) is 5.02 Å². The number of hydrogen-bond acceptors (Lipinski definition) is 2. The van der Waals surface area contributed by atoms with E-state index in [0.717, 1.165) is 29.9 Å². The van der Waals surface area contributed by atoms with Crippen LogP contribution in [-0.2, 0) is 6.54 Å². The van der Waals surface area contributed by atoms with Gasteiger partial charge in [0.1, 0.15) is 0 Å². The van der Waals surface area contributed by atoms with Gasteiger partial charge < -0.3 is 10.2 Å². The minimum Gasteiger partial charge on any atom is -0.370 e. The van der Waals surface area contributed by atoms with E-state index in [0.29, 0.717) is 0 Å². The van der Waals surface area contributed by atoms with E-state index >= 15 is 0 Å². The SMILES string of the molecule is CCNCc1cccc(Cl)c1N(CC1CC1)CC1CC1. The lowest BCUT2D eigenvalue weighted by Crippen LogP contribution is -2.30. The van der Waals surface area contributed by atoms with Gasteiger partial charge in [0.05, 0.1) is 10.7 Å². The van der Waals surface area contributed by atoms with Gasteiger partial charge >= 0.3 is 0 Å². The van der Waals surface area contributed by atoms with Crippen LogP contribution in [0.3, 0.4) is 0 Å². The van der Waals surface area contributed by atoms with E-state index in [1.165, 1.54) is 50.0 Å². The summed E-state index contributed by atoms with van der Waals surface area (Å²) in [5.74, 6) is 1.80. The van der Waals surface area contributed by atoms with E-state index in [2.05, 4.69) is 29.3 Å². The van der Waals surface area contributed by atoms with E-state index in [1.807, 2.05) is 6.07 Å². The summed E-state index contributed by atoms with van der Waals surface area (Å²) in [4.78, 5) is 2.57. The Morgan fingerprint density at radius 2 is 1.80 bits per heavy atom. The highest BCUT2D eigenvalue weighted by Gasteiger charge is 2.30. The van der Waals surface area contributed by atoms with Crippen LogP contribution < -0.4 is 10.2 Å². The zero-order valence-electron chi connectivity index (χ0n) is 12.4. The Morgan fingerprint density at radius 1 is 1.15 bits per heavy atom. The molecular formula is C17H25ClN2. The summed E-state index contributed by atoms with van der Waals surface area (Å²) in [7, 11) is 0. The molecule has 1 aromatic carbocycles. The fourth-order valence-electron chi connectivity index (χ4n) is 2.80. The fourth-order valence-corrected chi connectivity index (χ4v) is 3.11. The summed E-state index contributed by atoms with van der Waals surface area (Å²) >= 11 is 6.54. The fraction of sp³-hybridized carbons (Fsp3) is 0.647. The second-order valence-corrected chi connectivity index (χ2v) is 6.73. The molecule has 2 nitrogen and oxygen atoms in total. The van der Waals surface area contributed by atoms with Crippen molar-refractivity contribution in [2.45, 2.75) is 39.2 Å². The number of anilines is 1. The molecule has 0 heterocycles. The number of nitrogens with zero attached hydrogens (tertiary/aromatic N) is 1. The van der Waals surface area contributed by atoms with Crippen molar-refractivity contribution in [2.75, 3.05) is 24.5 Å². The highest BCUT2D eigenvalue weighted by atomic mass is 35.5. The van der Waals surface area contributed by atoms with Crippen molar-refractivity contribution in [2.24, 2.45) is 11.8 Å². The number of nitrogens with one attached hydrogen (secondary N) is 1. The maximum absolute atomic E-state index is 6.54. The molecule has 0 radical (unpaired) electrons. The van der Waals surface area contributed by atoms with Crippen molar-refractivity contribution in [3.05, 3.63) is 28.8 Å². The molecular weight excluding hydrogens is 268 g/mol. The first-order chi connectivity index (χ1) is 9.78. The zero-order valence-corrected chi connectivity index (χ0v) is 13.1. The van der Waals surface area contributed by atoms with Crippen LogP contribution in [0, 0.1) is 11.8 Å². The third-order valence-electron chi connectivity index (χ3n) is 4.30. The molecule has 1 aromatic rings. The molecule has 0 spiro atoms. The molecule has 20 heavy (non-hydrogen) atoms. The van der Waals surface area contributed by atoms with Gasteiger partial charge in [0, 0.05) is 19.6 Å². The first kappa shape index (κ1) is 14.2. The highest BCUT2D eigenvalue weighted by molar-refractivity contribution is 6.33. The van der Waals surface area contributed by atoms with E-state index in [1.54, 1.807) is 0 Å². The van der Waals surface area contributed by atoms with Gasteiger partial charge in [0.2, 0.25) is 0 Å². The smallest absolute Gasteiger partial charge is 0.0642 e. The maximum Gasteiger partial charge on any atom is 0.0642 e. The van der Waals surface area contributed by atoms with Crippen LogP contribution in [0.25, 0.3) is 0 Å². The summed E-state index contributed by atoms with van der Waals surface area (Å²) in [6.45, 7) is 6.45.